The van der Waals surface area contributed by atoms with E-state index in [-0.39, 0.29) is 23.7 Å². The first-order valence-electron chi connectivity index (χ1n) is 9.74. The molecule has 2 heterocycles. The van der Waals surface area contributed by atoms with Crippen molar-refractivity contribution < 1.29 is 18.7 Å². The number of amides is 2. The van der Waals surface area contributed by atoms with Gasteiger partial charge in [-0.3, -0.25) is 9.69 Å². The number of likely N-dealkylation sites (tertiary alicyclic amines) is 1. The zero-order chi connectivity index (χ0) is 19.2. The first-order chi connectivity index (χ1) is 13.1. The van der Waals surface area contributed by atoms with Gasteiger partial charge in [0.1, 0.15) is 5.82 Å². The fourth-order valence-corrected chi connectivity index (χ4v) is 3.77. The summed E-state index contributed by atoms with van der Waals surface area (Å²) in [4.78, 5) is 30.4. The van der Waals surface area contributed by atoms with Crippen LogP contribution >= 0.6 is 0 Å². The van der Waals surface area contributed by atoms with Crippen molar-refractivity contribution in [3.63, 3.8) is 0 Å². The van der Waals surface area contributed by atoms with Gasteiger partial charge in [0.2, 0.25) is 5.91 Å². The number of halogens is 1. The van der Waals surface area contributed by atoms with Gasteiger partial charge in [0, 0.05) is 38.6 Å². The SMILES string of the molecule is CCOC(=O)N1CCN(C(=O)C2CCN(Cc3ccc(F)cc3)CC2)CC1. The maximum atomic E-state index is 13.0. The first kappa shape index (κ1) is 19.6. The lowest BCUT2D eigenvalue weighted by Crippen LogP contribution is -2.53. The summed E-state index contributed by atoms with van der Waals surface area (Å²) in [6, 6.07) is 6.61. The fraction of sp³-hybridized carbons (Fsp3) is 0.600. The largest absolute Gasteiger partial charge is 0.450 e. The van der Waals surface area contributed by atoms with E-state index >= 15 is 0 Å². The Hall–Kier alpha value is -2.15. The summed E-state index contributed by atoms with van der Waals surface area (Å²) in [5, 5.41) is 0. The third-order valence-electron chi connectivity index (χ3n) is 5.37. The quantitative estimate of drug-likeness (QED) is 0.808. The van der Waals surface area contributed by atoms with Crippen molar-refractivity contribution in [3.05, 3.63) is 35.6 Å². The smallest absolute Gasteiger partial charge is 0.409 e. The van der Waals surface area contributed by atoms with Crippen molar-refractivity contribution in [3.8, 4) is 0 Å². The lowest BCUT2D eigenvalue weighted by molar-refractivity contribution is -0.138. The fourth-order valence-electron chi connectivity index (χ4n) is 3.77. The maximum absolute atomic E-state index is 13.0. The highest BCUT2D eigenvalue weighted by Crippen LogP contribution is 2.22. The summed E-state index contributed by atoms with van der Waals surface area (Å²) in [7, 11) is 0. The molecule has 148 valence electrons. The van der Waals surface area contributed by atoms with Gasteiger partial charge in [-0.2, -0.15) is 0 Å². The first-order valence-corrected chi connectivity index (χ1v) is 9.74. The van der Waals surface area contributed by atoms with Crippen LogP contribution in [0.5, 0.6) is 0 Å². The monoisotopic (exact) mass is 377 g/mol. The second kappa shape index (κ2) is 9.17. The van der Waals surface area contributed by atoms with Gasteiger partial charge in [-0.25, -0.2) is 9.18 Å². The Kier molecular flexibility index (Phi) is 6.66. The Morgan fingerprint density at radius 1 is 1.00 bits per heavy atom. The van der Waals surface area contributed by atoms with Crippen molar-refractivity contribution in [2.45, 2.75) is 26.3 Å². The lowest BCUT2D eigenvalue weighted by atomic mass is 9.94. The Bertz CT molecular complexity index is 636. The van der Waals surface area contributed by atoms with E-state index in [0.717, 1.165) is 38.0 Å². The Balaban J connectivity index is 1.42. The van der Waals surface area contributed by atoms with Crippen LogP contribution in [0.3, 0.4) is 0 Å². The van der Waals surface area contributed by atoms with Gasteiger partial charge in [0.15, 0.2) is 0 Å². The molecule has 2 amide bonds. The zero-order valence-electron chi connectivity index (χ0n) is 15.9. The molecule has 27 heavy (non-hydrogen) atoms. The highest BCUT2D eigenvalue weighted by Gasteiger charge is 2.31. The van der Waals surface area contributed by atoms with Gasteiger partial charge in [-0.1, -0.05) is 12.1 Å². The van der Waals surface area contributed by atoms with Crippen LogP contribution in [0.2, 0.25) is 0 Å². The molecule has 1 aromatic rings. The molecule has 1 aromatic carbocycles. The van der Waals surface area contributed by atoms with Crippen LogP contribution in [-0.2, 0) is 16.1 Å². The van der Waals surface area contributed by atoms with E-state index in [2.05, 4.69) is 4.90 Å². The summed E-state index contributed by atoms with van der Waals surface area (Å²) in [6.07, 6.45) is 1.40. The molecule has 0 unspecified atom stereocenters. The highest BCUT2D eigenvalue weighted by atomic mass is 19.1. The van der Waals surface area contributed by atoms with Gasteiger partial charge < -0.3 is 14.5 Å². The molecule has 0 bridgehead atoms. The highest BCUT2D eigenvalue weighted by molar-refractivity contribution is 5.79. The van der Waals surface area contributed by atoms with Gasteiger partial charge in [-0.15, -0.1) is 0 Å². The molecular weight excluding hydrogens is 349 g/mol. The minimum Gasteiger partial charge on any atom is -0.450 e. The molecule has 0 N–H and O–H groups in total. The maximum Gasteiger partial charge on any atom is 0.409 e. The molecule has 0 aromatic heterocycles. The minimum absolute atomic E-state index is 0.0589. The van der Waals surface area contributed by atoms with Crippen molar-refractivity contribution in [2.24, 2.45) is 5.92 Å². The number of rotatable bonds is 4. The van der Waals surface area contributed by atoms with Crippen LogP contribution in [0.25, 0.3) is 0 Å². The molecule has 2 fully saturated rings. The third-order valence-corrected chi connectivity index (χ3v) is 5.37. The van der Waals surface area contributed by atoms with E-state index in [1.54, 1.807) is 11.8 Å². The summed E-state index contributed by atoms with van der Waals surface area (Å²) in [6.45, 7) is 6.92. The zero-order valence-corrected chi connectivity index (χ0v) is 15.9. The molecule has 0 atom stereocenters. The number of carbonyl (C=O) groups is 2. The molecule has 0 spiro atoms. The van der Waals surface area contributed by atoms with Crippen molar-refractivity contribution in [1.29, 1.82) is 0 Å². The second-order valence-electron chi connectivity index (χ2n) is 7.19. The van der Waals surface area contributed by atoms with Gasteiger partial charge in [0.05, 0.1) is 6.61 Å². The van der Waals surface area contributed by atoms with Crippen molar-refractivity contribution in [2.75, 3.05) is 45.9 Å². The van der Waals surface area contributed by atoms with E-state index in [9.17, 15) is 14.0 Å². The summed E-state index contributed by atoms with van der Waals surface area (Å²) < 4.78 is 18.0. The summed E-state index contributed by atoms with van der Waals surface area (Å²) in [5.41, 5.74) is 1.09. The van der Waals surface area contributed by atoms with E-state index < -0.39 is 0 Å². The number of piperidine rings is 1. The number of piperazine rings is 1. The van der Waals surface area contributed by atoms with E-state index in [0.29, 0.717) is 32.8 Å². The van der Waals surface area contributed by atoms with Crippen LogP contribution in [0.15, 0.2) is 24.3 Å². The summed E-state index contributed by atoms with van der Waals surface area (Å²) >= 11 is 0. The van der Waals surface area contributed by atoms with Crippen LogP contribution in [0, 0.1) is 11.7 Å². The number of hydrogen-bond acceptors (Lipinski definition) is 4. The molecule has 2 saturated heterocycles. The number of ether oxygens (including phenoxy) is 1. The molecule has 0 saturated carbocycles. The number of carbonyl (C=O) groups excluding carboxylic acids is 2. The average Bonchev–Trinajstić information content (AvgIpc) is 2.70. The third kappa shape index (κ3) is 5.19. The molecule has 7 heteroatoms. The van der Waals surface area contributed by atoms with Crippen LogP contribution in [0.1, 0.15) is 25.3 Å². The van der Waals surface area contributed by atoms with E-state index in [1.807, 2.05) is 17.0 Å². The standard InChI is InChI=1S/C20H28FN3O3/c1-2-27-20(26)24-13-11-23(12-14-24)19(25)17-7-9-22(10-8-17)15-16-3-5-18(21)6-4-16/h3-6,17H,2,7-15H2,1H3. The second-order valence-corrected chi connectivity index (χ2v) is 7.19. The van der Waals surface area contributed by atoms with Crippen LogP contribution in [0.4, 0.5) is 9.18 Å². The van der Waals surface area contributed by atoms with E-state index in [4.69, 9.17) is 4.74 Å². The predicted molar refractivity (Wildman–Crippen MR) is 99.6 cm³/mol. The summed E-state index contributed by atoms with van der Waals surface area (Å²) in [5.74, 6) is 0.0506. The molecule has 0 aliphatic carbocycles. The Morgan fingerprint density at radius 2 is 1.59 bits per heavy atom. The van der Waals surface area contributed by atoms with Crippen molar-refractivity contribution in [1.82, 2.24) is 14.7 Å². The minimum atomic E-state index is -0.293. The number of nitrogens with zero attached hydrogens (tertiary/aromatic N) is 3. The average molecular weight is 377 g/mol. The molecular formula is C20H28FN3O3. The van der Waals surface area contributed by atoms with Crippen molar-refractivity contribution >= 4 is 12.0 Å². The van der Waals surface area contributed by atoms with Gasteiger partial charge >= 0.3 is 6.09 Å². The Morgan fingerprint density at radius 3 is 2.19 bits per heavy atom. The molecule has 0 radical (unpaired) electrons. The lowest BCUT2D eigenvalue weighted by Gasteiger charge is -2.38. The number of hydrogen-bond donors (Lipinski definition) is 0. The normalized spacial score (nSPS) is 19.2. The molecule has 2 aliphatic rings. The predicted octanol–water partition coefficient (Wildman–Crippen LogP) is 2.34. The van der Waals surface area contributed by atoms with Gasteiger partial charge in [-0.05, 0) is 50.6 Å². The van der Waals surface area contributed by atoms with E-state index in [1.165, 1.54) is 12.1 Å². The van der Waals surface area contributed by atoms with Crippen LogP contribution < -0.4 is 0 Å². The number of benzene rings is 1. The topological polar surface area (TPSA) is 53.1 Å². The molecule has 6 nitrogen and oxygen atoms in total. The Labute approximate surface area is 159 Å². The molecule has 2 aliphatic heterocycles. The molecule has 3 rings (SSSR count). The van der Waals surface area contributed by atoms with Crippen LogP contribution in [-0.4, -0.2) is 72.6 Å². The van der Waals surface area contributed by atoms with Gasteiger partial charge in [0.25, 0.3) is 0 Å².